The minimum Gasteiger partial charge on any atom is -0.491 e. The van der Waals surface area contributed by atoms with Crippen LogP contribution in [-0.2, 0) is 4.79 Å². The molecular weight excluding hydrogens is 282 g/mol. The molecular formula is C13H18BrNO2. The van der Waals surface area contributed by atoms with E-state index in [0.717, 1.165) is 5.75 Å². The fraction of sp³-hybridized carbons (Fsp3) is 0.462. The van der Waals surface area contributed by atoms with Crippen LogP contribution in [-0.4, -0.2) is 23.9 Å². The Balaban J connectivity index is 2.30. The van der Waals surface area contributed by atoms with Crippen LogP contribution in [0.3, 0.4) is 0 Å². The minimum absolute atomic E-state index is 0.0165. The number of rotatable bonds is 6. The van der Waals surface area contributed by atoms with Crippen LogP contribution >= 0.6 is 15.9 Å². The Morgan fingerprint density at radius 3 is 2.65 bits per heavy atom. The standard InChI is InChI=1S/C13H18BrNO2/c1-10-3-5-12(6-4-10)17-9-11(2)15-13(16)7-8-14/h3-6,11H,7-9H2,1-2H3,(H,15,16). The van der Waals surface area contributed by atoms with Gasteiger partial charge in [0.25, 0.3) is 0 Å². The number of carbonyl (C=O) groups is 1. The molecule has 1 N–H and O–H groups in total. The number of aryl methyl sites for hydroxylation is 1. The molecule has 4 heteroatoms. The molecule has 1 atom stereocenters. The van der Waals surface area contributed by atoms with E-state index >= 15 is 0 Å². The van der Waals surface area contributed by atoms with Gasteiger partial charge in [-0.3, -0.25) is 4.79 Å². The topological polar surface area (TPSA) is 38.3 Å². The highest BCUT2D eigenvalue weighted by atomic mass is 79.9. The Bertz CT molecular complexity index is 351. The zero-order chi connectivity index (χ0) is 12.7. The second kappa shape index (κ2) is 7.33. The Morgan fingerprint density at radius 2 is 2.06 bits per heavy atom. The predicted molar refractivity (Wildman–Crippen MR) is 72.7 cm³/mol. The van der Waals surface area contributed by atoms with Crippen molar-refractivity contribution >= 4 is 21.8 Å². The van der Waals surface area contributed by atoms with E-state index in [-0.39, 0.29) is 11.9 Å². The lowest BCUT2D eigenvalue weighted by Crippen LogP contribution is -2.36. The van der Waals surface area contributed by atoms with Crippen LogP contribution in [0, 0.1) is 6.92 Å². The fourth-order valence-electron chi connectivity index (χ4n) is 1.33. The molecule has 0 aliphatic carbocycles. The van der Waals surface area contributed by atoms with Crippen molar-refractivity contribution in [2.45, 2.75) is 26.3 Å². The average Bonchev–Trinajstić information content (AvgIpc) is 2.28. The summed E-state index contributed by atoms with van der Waals surface area (Å²) in [7, 11) is 0. The van der Waals surface area contributed by atoms with Gasteiger partial charge in [0.2, 0.25) is 5.91 Å². The van der Waals surface area contributed by atoms with Crippen molar-refractivity contribution in [3.05, 3.63) is 29.8 Å². The van der Waals surface area contributed by atoms with Crippen LogP contribution < -0.4 is 10.1 Å². The summed E-state index contributed by atoms with van der Waals surface area (Å²) in [4.78, 5) is 11.3. The number of halogens is 1. The lowest BCUT2D eigenvalue weighted by molar-refractivity contribution is -0.121. The number of nitrogens with one attached hydrogen (secondary N) is 1. The molecule has 1 unspecified atom stereocenters. The minimum atomic E-state index is 0.0165. The van der Waals surface area contributed by atoms with E-state index in [0.29, 0.717) is 18.4 Å². The molecule has 0 saturated carbocycles. The van der Waals surface area contributed by atoms with E-state index in [9.17, 15) is 4.79 Å². The molecule has 0 saturated heterocycles. The van der Waals surface area contributed by atoms with Crippen molar-refractivity contribution in [2.75, 3.05) is 11.9 Å². The molecule has 94 valence electrons. The molecule has 0 bridgehead atoms. The third kappa shape index (κ3) is 5.73. The predicted octanol–water partition coefficient (Wildman–Crippen LogP) is 2.66. The summed E-state index contributed by atoms with van der Waals surface area (Å²) in [5.74, 6) is 0.874. The Kier molecular flexibility index (Phi) is 6.05. The van der Waals surface area contributed by atoms with Gasteiger partial charge in [0.05, 0.1) is 6.04 Å². The largest absolute Gasteiger partial charge is 0.491 e. The summed E-state index contributed by atoms with van der Waals surface area (Å²) < 4.78 is 5.58. The van der Waals surface area contributed by atoms with Crippen LogP contribution in [0.4, 0.5) is 0 Å². The number of amides is 1. The van der Waals surface area contributed by atoms with Crippen LogP contribution in [0.5, 0.6) is 5.75 Å². The molecule has 0 aliphatic rings. The fourth-order valence-corrected chi connectivity index (χ4v) is 1.69. The highest BCUT2D eigenvalue weighted by Gasteiger charge is 2.07. The number of hydrogen-bond donors (Lipinski definition) is 1. The number of alkyl halides is 1. The van der Waals surface area contributed by atoms with E-state index in [1.165, 1.54) is 5.56 Å². The van der Waals surface area contributed by atoms with Gasteiger partial charge in [0.15, 0.2) is 0 Å². The van der Waals surface area contributed by atoms with Gasteiger partial charge in [0.1, 0.15) is 12.4 Å². The first-order valence-electron chi connectivity index (χ1n) is 5.66. The van der Waals surface area contributed by atoms with Crippen LogP contribution in [0.15, 0.2) is 24.3 Å². The molecule has 0 aromatic heterocycles. The Morgan fingerprint density at radius 1 is 1.41 bits per heavy atom. The van der Waals surface area contributed by atoms with Crippen molar-refractivity contribution < 1.29 is 9.53 Å². The summed E-state index contributed by atoms with van der Waals surface area (Å²) in [5.41, 5.74) is 1.20. The number of benzene rings is 1. The molecule has 1 aromatic carbocycles. The van der Waals surface area contributed by atoms with Gasteiger partial charge in [0, 0.05) is 11.8 Å². The number of ether oxygens (including phenoxy) is 1. The van der Waals surface area contributed by atoms with Gasteiger partial charge in [-0.05, 0) is 26.0 Å². The molecule has 0 spiro atoms. The number of hydrogen-bond acceptors (Lipinski definition) is 2. The van der Waals surface area contributed by atoms with Gasteiger partial charge in [-0.1, -0.05) is 33.6 Å². The summed E-state index contributed by atoms with van der Waals surface area (Å²) in [6.45, 7) is 4.45. The smallest absolute Gasteiger partial charge is 0.221 e. The summed E-state index contributed by atoms with van der Waals surface area (Å²) in [6, 6.07) is 7.89. The molecule has 0 radical (unpaired) electrons. The number of carbonyl (C=O) groups excluding carboxylic acids is 1. The highest BCUT2D eigenvalue weighted by Crippen LogP contribution is 2.11. The van der Waals surface area contributed by atoms with Crippen molar-refractivity contribution in [3.8, 4) is 5.75 Å². The summed E-state index contributed by atoms with van der Waals surface area (Å²) in [5, 5.41) is 3.55. The first-order valence-corrected chi connectivity index (χ1v) is 6.78. The molecule has 1 aromatic rings. The van der Waals surface area contributed by atoms with Crippen molar-refractivity contribution in [1.29, 1.82) is 0 Å². The van der Waals surface area contributed by atoms with Crippen LogP contribution in [0.1, 0.15) is 18.9 Å². The van der Waals surface area contributed by atoms with E-state index in [1.807, 2.05) is 38.1 Å². The second-order valence-corrected chi connectivity index (χ2v) is 4.82. The normalized spacial score (nSPS) is 11.9. The van der Waals surface area contributed by atoms with E-state index in [1.54, 1.807) is 0 Å². The molecule has 3 nitrogen and oxygen atoms in total. The molecule has 0 heterocycles. The molecule has 1 rings (SSSR count). The second-order valence-electron chi connectivity index (χ2n) is 4.03. The third-order valence-electron chi connectivity index (χ3n) is 2.25. The summed E-state index contributed by atoms with van der Waals surface area (Å²) >= 11 is 3.23. The molecule has 17 heavy (non-hydrogen) atoms. The van der Waals surface area contributed by atoms with E-state index < -0.39 is 0 Å². The van der Waals surface area contributed by atoms with Crippen molar-refractivity contribution in [1.82, 2.24) is 5.32 Å². The first kappa shape index (κ1) is 14.0. The van der Waals surface area contributed by atoms with Crippen LogP contribution in [0.25, 0.3) is 0 Å². The molecule has 0 aliphatic heterocycles. The lowest BCUT2D eigenvalue weighted by Gasteiger charge is -2.14. The van der Waals surface area contributed by atoms with Crippen molar-refractivity contribution in [3.63, 3.8) is 0 Å². The van der Waals surface area contributed by atoms with Gasteiger partial charge < -0.3 is 10.1 Å². The SMILES string of the molecule is Cc1ccc(OCC(C)NC(=O)CCBr)cc1. The van der Waals surface area contributed by atoms with Gasteiger partial charge in [-0.2, -0.15) is 0 Å². The quantitative estimate of drug-likeness (QED) is 0.820. The maximum Gasteiger partial charge on any atom is 0.221 e. The van der Waals surface area contributed by atoms with Gasteiger partial charge in [-0.25, -0.2) is 0 Å². The Labute approximate surface area is 111 Å². The molecule has 1 amide bonds. The van der Waals surface area contributed by atoms with Gasteiger partial charge >= 0.3 is 0 Å². The average molecular weight is 300 g/mol. The Hall–Kier alpha value is -1.03. The van der Waals surface area contributed by atoms with Crippen molar-refractivity contribution in [2.24, 2.45) is 0 Å². The summed E-state index contributed by atoms with van der Waals surface area (Å²) in [6.07, 6.45) is 0.495. The van der Waals surface area contributed by atoms with E-state index in [2.05, 4.69) is 21.2 Å². The highest BCUT2D eigenvalue weighted by molar-refractivity contribution is 9.09. The third-order valence-corrected chi connectivity index (χ3v) is 2.65. The monoisotopic (exact) mass is 299 g/mol. The maximum atomic E-state index is 11.3. The lowest BCUT2D eigenvalue weighted by atomic mass is 10.2. The molecule has 0 fully saturated rings. The van der Waals surface area contributed by atoms with Gasteiger partial charge in [-0.15, -0.1) is 0 Å². The zero-order valence-electron chi connectivity index (χ0n) is 10.2. The maximum absolute atomic E-state index is 11.3. The van der Waals surface area contributed by atoms with Crippen LogP contribution in [0.2, 0.25) is 0 Å². The zero-order valence-corrected chi connectivity index (χ0v) is 11.8. The van der Waals surface area contributed by atoms with E-state index in [4.69, 9.17) is 4.74 Å². The first-order chi connectivity index (χ1) is 8.11.